The second-order valence-corrected chi connectivity index (χ2v) is 16.0. The molecule has 0 aromatic carbocycles. The van der Waals surface area contributed by atoms with E-state index in [1.807, 2.05) is 4.90 Å². The predicted octanol–water partition coefficient (Wildman–Crippen LogP) is 3.30. The molecule has 0 radical (unpaired) electrons. The van der Waals surface area contributed by atoms with E-state index in [1.54, 1.807) is 0 Å². The van der Waals surface area contributed by atoms with Gasteiger partial charge in [-0.3, -0.25) is 14.6 Å². The number of aliphatic hydroxyl groups is 2. The van der Waals surface area contributed by atoms with Gasteiger partial charge in [-0.1, -0.05) is 39.0 Å². The van der Waals surface area contributed by atoms with E-state index in [1.165, 1.54) is 6.92 Å². The number of likely N-dealkylation sites (tertiary alicyclic amines) is 1. The molecule has 9 unspecified atom stereocenters. The molecule has 0 bridgehead atoms. The van der Waals surface area contributed by atoms with Gasteiger partial charge in [-0.2, -0.15) is 0 Å². The maximum absolute atomic E-state index is 13.7. The van der Waals surface area contributed by atoms with Crippen LogP contribution in [0.2, 0.25) is 0 Å². The van der Waals surface area contributed by atoms with Crippen LogP contribution >= 0.6 is 0 Å². The van der Waals surface area contributed by atoms with Gasteiger partial charge in [-0.05, 0) is 94.4 Å². The zero-order valence-electron chi connectivity index (χ0n) is 30.4. The number of esters is 1. The summed E-state index contributed by atoms with van der Waals surface area (Å²) in [5.41, 5.74) is 17.3. The number of guanidine groups is 1. The highest BCUT2D eigenvalue weighted by Crippen LogP contribution is 2.44. The maximum Gasteiger partial charge on any atom is 0.302 e. The minimum absolute atomic E-state index is 0.0300. The van der Waals surface area contributed by atoms with Crippen molar-refractivity contribution in [1.29, 1.82) is 0 Å². The van der Waals surface area contributed by atoms with Crippen molar-refractivity contribution in [3.63, 3.8) is 0 Å². The lowest BCUT2D eigenvalue weighted by Gasteiger charge is -2.42. The zero-order chi connectivity index (χ0) is 35.4. The standard InChI is InChI=1S/C37H68N6O6/c1-3-4-5-8-29(45)20-31(48-25(2)44)12-11-26-17-28(35(47)32(18-26)49-30-9-6-7-10-30)23-43-24-37(22-34(43)46,14-16-42-36(39)40)21-27-13-15-41-33(38)19-27/h26-33,35,41,45,47H,3-24,38H2,1-2H3,(H4,39,40,42). The summed E-state index contributed by atoms with van der Waals surface area (Å²) in [5, 5.41) is 25.8. The molecule has 4 rings (SSSR count). The zero-order valence-corrected chi connectivity index (χ0v) is 30.4. The lowest BCUT2D eigenvalue weighted by atomic mass is 9.73. The predicted molar refractivity (Wildman–Crippen MR) is 191 cm³/mol. The Bertz CT molecular complexity index is 1050. The third-order valence-corrected chi connectivity index (χ3v) is 11.7. The number of hydrogen-bond donors (Lipinski definition) is 6. The Balaban J connectivity index is 1.44. The van der Waals surface area contributed by atoms with Crippen LogP contribution < -0.4 is 22.5 Å². The highest BCUT2D eigenvalue weighted by molar-refractivity contribution is 5.79. The van der Waals surface area contributed by atoms with E-state index < -0.39 is 12.2 Å². The lowest BCUT2D eigenvalue weighted by Crippen LogP contribution is -2.48. The van der Waals surface area contributed by atoms with Crippen LogP contribution in [0.1, 0.15) is 129 Å². The van der Waals surface area contributed by atoms with Gasteiger partial charge in [-0.15, -0.1) is 0 Å². The van der Waals surface area contributed by atoms with Crippen molar-refractivity contribution >= 4 is 17.8 Å². The SMILES string of the molecule is CCCCCC(O)CC(CCC1CC(CN2CC(CCN=C(N)N)(CC3CCNC(N)C3)CC2=O)C(O)C(OC2CCCC2)C1)OC(C)=O. The first-order chi connectivity index (χ1) is 23.4. The van der Waals surface area contributed by atoms with Gasteiger partial charge in [0.15, 0.2) is 5.96 Å². The van der Waals surface area contributed by atoms with Crippen LogP contribution in [-0.2, 0) is 19.1 Å². The molecule has 2 aliphatic heterocycles. The largest absolute Gasteiger partial charge is 0.462 e. The summed E-state index contributed by atoms with van der Waals surface area (Å²) in [7, 11) is 0. The van der Waals surface area contributed by atoms with E-state index >= 15 is 0 Å². The third-order valence-electron chi connectivity index (χ3n) is 11.7. The van der Waals surface area contributed by atoms with Gasteiger partial charge in [0.25, 0.3) is 0 Å². The van der Waals surface area contributed by atoms with Crippen LogP contribution in [0.5, 0.6) is 0 Å². The number of carbonyl (C=O) groups excluding carboxylic acids is 2. The van der Waals surface area contributed by atoms with Gasteiger partial charge in [0.2, 0.25) is 5.91 Å². The van der Waals surface area contributed by atoms with Crippen molar-refractivity contribution in [2.75, 3.05) is 26.2 Å². The number of aliphatic hydroxyl groups excluding tert-OH is 2. The number of amides is 1. The monoisotopic (exact) mass is 693 g/mol. The first-order valence-electron chi connectivity index (χ1n) is 19.5. The molecular weight excluding hydrogens is 624 g/mol. The lowest BCUT2D eigenvalue weighted by molar-refractivity contribution is -0.149. The minimum Gasteiger partial charge on any atom is -0.462 e. The summed E-state index contributed by atoms with van der Waals surface area (Å²) in [6.07, 6.45) is 13.9. The fourth-order valence-corrected chi connectivity index (χ4v) is 9.28. The fourth-order valence-electron chi connectivity index (χ4n) is 9.28. The van der Waals surface area contributed by atoms with E-state index in [0.29, 0.717) is 51.2 Å². The number of carbonyl (C=O) groups is 2. The van der Waals surface area contributed by atoms with Crippen molar-refractivity contribution in [2.24, 2.45) is 45.4 Å². The molecule has 1 amide bonds. The van der Waals surface area contributed by atoms with Gasteiger partial charge in [0, 0.05) is 45.3 Å². The Morgan fingerprint density at radius 2 is 1.90 bits per heavy atom. The molecule has 2 aliphatic carbocycles. The Labute approximate surface area is 294 Å². The summed E-state index contributed by atoms with van der Waals surface area (Å²) in [6, 6.07) is 0. The topological polar surface area (TPSA) is 199 Å². The number of rotatable bonds is 19. The number of unbranched alkanes of at least 4 members (excludes halogenated alkanes) is 2. The molecule has 2 heterocycles. The third kappa shape index (κ3) is 12.9. The molecule has 12 nitrogen and oxygen atoms in total. The highest BCUT2D eigenvalue weighted by Gasteiger charge is 2.47. The second kappa shape index (κ2) is 19.6. The van der Waals surface area contributed by atoms with E-state index in [4.69, 9.17) is 26.7 Å². The van der Waals surface area contributed by atoms with E-state index in [9.17, 15) is 19.8 Å². The Morgan fingerprint density at radius 3 is 2.59 bits per heavy atom. The normalized spacial score (nSPS) is 32.3. The average molecular weight is 693 g/mol. The minimum atomic E-state index is -0.659. The quantitative estimate of drug-likeness (QED) is 0.0505. The molecule has 0 spiro atoms. The van der Waals surface area contributed by atoms with Crippen molar-refractivity contribution in [2.45, 2.75) is 166 Å². The molecule has 49 heavy (non-hydrogen) atoms. The van der Waals surface area contributed by atoms with Gasteiger partial charge in [0.05, 0.1) is 30.6 Å². The molecule has 0 aromatic heterocycles. The molecule has 12 heteroatoms. The van der Waals surface area contributed by atoms with Crippen molar-refractivity contribution in [3.8, 4) is 0 Å². The molecule has 2 saturated carbocycles. The van der Waals surface area contributed by atoms with Crippen molar-refractivity contribution in [3.05, 3.63) is 0 Å². The Kier molecular flexibility index (Phi) is 15.9. The van der Waals surface area contributed by atoms with Crippen LogP contribution in [0, 0.1) is 23.2 Å². The van der Waals surface area contributed by atoms with Crippen molar-refractivity contribution < 1.29 is 29.3 Å². The number of nitrogens with two attached hydrogens (primary N) is 3. The molecule has 2 saturated heterocycles. The first kappa shape index (κ1) is 39.8. The van der Waals surface area contributed by atoms with Crippen molar-refractivity contribution in [1.82, 2.24) is 10.2 Å². The van der Waals surface area contributed by atoms with Crippen LogP contribution in [0.15, 0.2) is 4.99 Å². The van der Waals surface area contributed by atoms with Gasteiger partial charge < -0.3 is 47.1 Å². The van der Waals surface area contributed by atoms with Gasteiger partial charge in [0.1, 0.15) is 6.10 Å². The number of hydrogen-bond acceptors (Lipinski definition) is 9. The van der Waals surface area contributed by atoms with E-state index in [2.05, 4.69) is 17.2 Å². The van der Waals surface area contributed by atoms with Crippen LogP contribution in [0.3, 0.4) is 0 Å². The summed E-state index contributed by atoms with van der Waals surface area (Å²) in [4.78, 5) is 32.0. The summed E-state index contributed by atoms with van der Waals surface area (Å²) in [6.45, 7) is 6.03. The van der Waals surface area contributed by atoms with Gasteiger partial charge >= 0.3 is 5.97 Å². The maximum atomic E-state index is 13.7. The smallest absolute Gasteiger partial charge is 0.302 e. The molecule has 9 N–H and O–H groups in total. The molecule has 0 aromatic rings. The van der Waals surface area contributed by atoms with E-state index in [0.717, 1.165) is 96.4 Å². The summed E-state index contributed by atoms with van der Waals surface area (Å²) in [5.74, 6) is 0.404. The average Bonchev–Trinajstić information content (AvgIpc) is 3.65. The number of nitrogens with zero attached hydrogens (tertiary/aromatic N) is 2. The molecular formula is C37H68N6O6. The molecule has 4 fully saturated rings. The molecule has 9 atom stereocenters. The van der Waals surface area contributed by atoms with E-state index in [-0.39, 0.29) is 59.6 Å². The first-order valence-corrected chi connectivity index (χ1v) is 19.5. The number of nitrogens with one attached hydrogen (secondary N) is 1. The fraction of sp³-hybridized carbons (Fsp3) is 0.919. The highest BCUT2D eigenvalue weighted by atomic mass is 16.5. The van der Waals surface area contributed by atoms with Crippen LogP contribution in [-0.4, -0.2) is 95.8 Å². The molecule has 4 aliphatic rings. The Hall–Kier alpha value is -1.99. The number of piperidine rings is 1. The summed E-state index contributed by atoms with van der Waals surface area (Å²) < 4.78 is 12.3. The molecule has 282 valence electrons. The Morgan fingerprint density at radius 1 is 1.12 bits per heavy atom. The van der Waals surface area contributed by atoms with Gasteiger partial charge in [-0.25, -0.2) is 0 Å². The number of ether oxygens (including phenoxy) is 2. The summed E-state index contributed by atoms with van der Waals surface area (Å²) >= 11 is 0. The second-order valence-electron chi connectivity index (χ2n) is 16.0. The van der Waals surface area contributed by atoms with Crippen LogP contribution in [0.4, 0.5) is 0 Å². The number of aliphatic imine (C=N–C) groups is 1. The van der Waals surface area contributed by atoms with Crippen LogP contribution in [0.25, 0.3) is 0 Å².